The topological polar surface area (TPSA) is 52.6 Å². The molecule has 10 heteroatoms. The molecule has 0 radical (unpaired) electrons. The fraction of sp³-hybridized carbons (Fsp3) is 0.458. The molecule has 0 saturated carbocycles. The number of fused-ring (bicyclic) bond motifs is 1. The van der Waals surface area contributed by atoms with Crippen LogP contribution in [-0.2, 0) is 11.0 Å². The van der Waals surface area contributed by atoms with Crippen molar-refractivity contribution in [2.24, 2.45) is 5.92 Å². The number of piperazine rings is 1. The van der Waals surface area contributed by atoms with Gasteiger partial charge in [0.15, 0.2) is 5.13 Å². The summed E-state index contributed by atoms with van der Waals surface area (Å²) in [5, 5.41) is 1.02. The van der Waals surface area contributed by atoms with Crippen molar-refractivity contribution in [3.63, 3.8) is 0 Å². The molecule has 5 rings (SSSR count). The van der Waals surface area contributed by atoms with Gasteiger partial charge >= 0.3 is 6.18 Å². The molecular weight excluding hydrogens is 463 g/mol. The molecule has 1 aromatic carbocycles. The molecule has 2 aliphatic rings. The van der Waals surface area contributed by atoms with Gasteiger partial charge in [-0.3, -0.25) is 4.79 Å². The molecule has 2 aromatic heterocycles. The van der Waals surface area contributed by atoms with Gasteiger partial charge in [0.2, 0.25) is 5.91 Å². The van der Waals surface area contributed by atoms with E-state index >= 15 is 0 Å². The van der Waals surface area contributed by atoms with Crippen LogP contribution in [-0.4, -0.2) is 60.0 Å². The molecule has 2 fully saturated rings. The van der Waals surface area contributed by atoms with E-state index in [2.05, 4.69) is 35.0 Å². The number of aryl methyl sites for hydroxylation is 1. The first-order valence-corrected chi connectivity index (χ1v) is 12.3. The van der Waals surface area contributed by atoms with Crippen LogP contribution >= 0.6 is 11.3 Å². The van der Waals surface area contributed by atoms with Gasteiger partial charge in [-0.2, -0.15) is 13.2 Å². The predicted molar refractivity (Wildman–Crippen MR) is 127 cm³/mol. The summed E-state index contributed by atoms with van der Waals surface area (Å²) in [6.45, 7) is 5.94. The molecule has 2 aliphatic heterocycles. The Labute approximate surface area is 200 Å². The summed E-state index contributed by atoms with van der Waals surface area (Å²) < 4.78 is 39.5. The number of benzene rings is 1. The summed E-state index contributed by atoms with van der Waals surface area (Å²) in [6.07, 6.45) is -1.92. The number of carbonyl (C=O) groups excluding carboxylic acids is 1. The summed E-state index contributed by atoms with van der Waals surface area (Å²) in [7, 11) is 0. The number of anilines is 2. The SMILES string of the molecule is Cc1ccc2nc(N3CCC(C(=O)N4CCN(c5ccc(C(F)(F)F)cn5)CC4)CC3)sc2c1. The van der Waals surface area contributed by atoms with E-state index < -0.39 is 11.7 Å². The van der Waals surface area contributed by atoms with Crippen molar-refractivity contribution in [3.05, 3.63) is 47.7 Å². The normalized spacial score (nSPS) is 18.1. The highest BCUT2D eigenvalue weighted by Gasteiger charge is 2.33. The number of rotatable bonds is 3. The number of alkyl halides is 3. The minimum atomic E-state index is -4.39. The minimum Gasteiger partial charge on any atom is -0.353 e. The Morgan fingerprint density at radius 1 is 1.00 bits per heavy atom. The molecule has 180 valence electrons. The molecule has 2 saturated heterocycles. The number of pyridine rings is 1. The highest BCUT2D eigenvalue weighted by Crippen LogP contribution is 2.33. The molecule has 0 atom stereocenters. The molecule has 4 heterocycles. The maximum absolute atomic E-state index is 13.1. The number of halogens is 3. The molecule has 0 aliphatic carbocycles. The third-order valence-corrected chi connectivity index (χ3v) is 7.72. The highest BCUT2D eigenvalue weighted by atomic mass is 32.1. The van der Waals surface area contributed by atoms with E-state index in [1.807, 2.05) is 9.80 Å². The third-order valence-electron chi connectivity index (χ3n) is 6.64. The first-order chi connectivity index (χ1) is 16.3. The van der Waals surface area contributed by atoms with Crippen LogP contribution in [0, 0.1) is 12.8 Å². The van der Waals surface area contributed by atoms with Crippen LogP contribution in [0.1, 0.15) is 24.0 Å². The fourth-order valence-electron chi connectivity index (χ4n) is 4.63. The average molecular weight is 490 g/mol. The second kappa shape index (κ2) is 9.05. The number of piperidine rings is 1. The zero-order valence-electron chi connectivity index (χ0n) is 18.9. The molecule has 3 aromatic rings. The second-order valence-electron chi connectivity index (χ2n) is 8.94. The van der Waals surface area contributed by atoms with Gasteiger partial charge in [-0.05, 0) is 49.6 Å². The minimum absolute atomic E-state index is 0.00335. The first-order valence-electron chi connectivity index (χ1n) is 11.5. The molecule has 6 nitrogen and oxygen atoms in total. The quantitative estimate of drug-likeness (QED) is 0.539. The van der Waals surface area contributed by atoms with Crippen molar-refractivity contribution in [2.45, 2.75) is 25.9 Å². The van der Waals surface area contributed by atoms with E-state index in [-0.39, 0.29) is 11.8 Å². The fourth-order valence-corrected chi connectivity index (χ4v) is 5.74. The van der Waals surface area contributed by atoms with E-state index in [0.29, 0.717) is 32.0 Å². The van der Waals surface area contributed by atoms with Crippen LogP contribution < -0.4 is 9.80 Å². The lowest BCUT2D eigenvalue weighted by molar-refractivity contribution is -0.138. The number of nitrogens with zero attached hydrogens (tertiary/aromatic N) is 5. The molecule has 0 bridgehead atoms. The molecule has 0 spiro atoms. The van der Waals surface area contributed by atoms with E-state index in [0.717, 1.165) is 48.8 Å². The van der Waals surface area contributed by atoms with Gasteiger partial charge in [-0.15, -0.1) is 0 Å². The van der Waals surface area contributed by atoms with E-state index in [1.165, 1.54) is 16.3 Å². The summed E-state index contributed by atoms with van der Waals surface area (Å²) in [5.74, 6) is 0.697. The van der Waals surface area contributed by atoms with Crippen molar-refractivity contribution in [1.29, 1.82) is 0 Å². The Bertz CT molecular complexity index is 1160. The van der Waals surface area contributed by atoms with Gasteiger partial charge in [0.05, 0.1) is 15.8 Å². The standard InChI is InChI=1S/C24H26F3N5OS/c1-16-2-4-19-20(14-16)34-23(29-19)32-8-6-17(7-9-32)22(33)31-12-10-30(11-13-31)21-5-3-18(15-28-21)24(25,26)27/h2-5,14-15,17H,6-13H2,1H3. The summed E-state index contributed by atoms with van der Waals surface area (Å²) in [5.41, 5.74) is 1.49. The smallest absolute Gasteiger partial charge is 0.353 e. The summed E-state index contributed by atoms with van der Waals surface area (Å²) >= 11 is 1.70. The predicted octanol–water partition coefficient (Wildman–Crippen LogP) is 4.58. The van der Waals surface area contributed by atoms with E-state index in [1.54, 1.807) is 11.3 Å². The molecule has 0 N–H and O–H groups in total. The zero-order valence-corrected chi connectivity index (χ0v) is 19.7. The Morgan fingerprint density at radius 3 is 2.38 bits per heavy atom. The maximum atomic E-state index is 13.1. The van der Waals surface area contributed by atoms with Crippen molar-refractivity contribution in [3.8, 4) is 0 Å². The van der Waals surface area contributed by atoms with Crippen LogP contribution in [0.2, 0.25) is 0 Å². The molecule has 0 unspecified atom stereocenters. The monoisotopic (exact) mass is 489 g/mol. The van der Waals surface area contributed by atoms with Gasteiger partial charge in [-0.25, -0.2) is 9.97 Å². The molecule has 1 amide bonds. The summed E-state index contributed by atoms with van der Waals surface area (Å²) in [4.78, 5) is 28.0. The first kappa shape index (κ1) is 22.9. The van der Waals surface area contributed by atoms with Gasteiger partial charge in [0.1, 0.15) is 5.82 Å². The lowest BCUT2D eigenvalue weighted by Crippen LogP contribution is -2.52. The van der Waals surface area contributed by atoms with Crippen LogP contribution in [0.3, 0.4) is 0 Å². The van der Waals surface area contributed by atoms with Gasteiger partial charge in [0.25, 0.3) is 0 Å². The van der Waals surface area contributed by atoms with Crippen LogP contribution in [0.15, 0.2) is 36.5 Å². The number of hydrogen-bond acceptors (Lipinski definition) is 6. The van der Waals surface area contributed by atoms with Crippen LogP contribution in [0.4, 0.5) is 24.1 Å². The lowest BCUT2D eigenvalue weighted by Gasteiger charge is -2.39. The highest BCUT2D eigenvalue weighted by molar-refractivity contribution is 7.22. The number of hydrogen-bond donors (Lipinski definition) is 0. The number of carbonyl (C=O) groups is 1. The Morgan fingerprint density at radius 2 is 1.74 bits per heavy atom. The molecule has 34 heavy (non-hydrogen) atoms. The van der Waals surface area contributed by atoms with Crippen molar-refractivity contribution < 1.29 is 18.0 Å². The summed E-state index contributed by atoms with van der Waals surface area (Å²) in [6, 6.07) is 8.75. The Balaban J connectivity index is 1.13. The van der Waals surface area contributed by atoms with Crippen molar-refractivity contribution in [1.82, 2.24) is 14.9 Å². The van der Waals surface area contributed by atoms with Gasteiger partial charge in [-0.1, -0.05) is 17.4 Å². The lowest BCUT2D eigenvalue weighted by atomic mass is 9.95. The number of amides is 1. The van der Waals surface area contributed by atoms with Gasteiger partial charge < -0.3 is 14.7 Å². The Kier molecular flexibility index (Phi) is 6.09. The van der Waals surface area contributed by atoms with Crippen LogP contribution in [0.25, 0.3) is 10.2 Å². The third kappa shape index (κ3) is 4.68. The van der Waals surface area contributed by atoms with Gasteiger partial charge in [0, 0.05) is 51.4 Å². The van der Waals surface area contributed by atoms with Crippen molar-refractivity contribution in [2.75, 3.05) is 49.1 Å². The largest absolute Gasteiger partial charge is 0.417 e. The van der Waals surface area contributed by atoms with Crippen LogP contribution in [0.5, 0.6) is 0 Å². The Hall–Kier alpha value is -2.88. The second-order valence-corrected chi connectivity index (χ2v) is 9.95. The average Bonchev–Trinajstić information content (AvgIpc) is 3.27. The van der Waals surface area contributed by atoms with Crippen molar-refractivity contribution >= 4 is 38.4 Å². The maximum Gasteiger partial charge on any atom is 0.417 e. The van der Waals surface area contributed by atoms with E-state index in [9.17, 15) is 18.0 Å². The zero-order chi connectivity index (χ0) is 23.9. The molecular formula is C24H26F3N5OS. The number of thiazole rings is 1. The number of aromatic nitrogens is 2. The van der Waals surface area contributed by atoms with E-state index in [4.69, 9.17) is 4.98 Å².